The lowest BCUT2D eigenvalue weighted by Crippen LogP contribution is -2.38. The van der Waals surface area contributed by atoms with Crippen molar-refractivity contribution in [2.75, 3.05) is 32.7 Å². The molecule has 0 atom stereocenters. The number of likely N-dealkylation sites (tertiary alicyclic amines) is 2. The molecule has 2 aliphatic heterocycles. The maximum Gasteiger partial charge on any atom is 0.270 e. The number of carbonyl (C=O) groups excluding carboxylic acids is 3. The van der Waals surface area contributed by atoms with E-state index in [1.807, 2.05) is 9.80 Å². The van der Waals surface area contributed by atoms with Crippen LogP contribution < -0.4 is 5.32 Å². The number of aromatic nitrogens is 1. The quantitative estimate of drug-likeness (QED) is 0.599. The van der Waals surface area contributed by atoms with Gasteiger partial charge in [0.25, 0.3) is 5.91 Å². The summed E-state index contributed by atoms with van der Waals surface area (Å²) >= 11 is 1.49. The molecule has 176 valence electrons. The van der Waals surface area contributed by atoms with Gasteiger partial charge >= 0.3 is 0 Å². The van der Waals surface area contributed by atoms with Crippen LogP contribution in [0.5, 0.6) is 0 Å². The molecule has 9 heteroatoms. The molecule has 0 spiro atoms. The first-order valence-corrected chi connectivity index (χ1v) is 12.4. The van der Waals surface area contributed by atoms with E-state index in [2.05, 4.69) is 10.3 Å². The molecule has 1 aromatic heterocycles. The van der Waals surface area contributed by atoms with Crippen LogP contribution >= 0.6 is 11.3 Å². The van der Waals surface area contributed by atoms with Gasteiger partial charge in [-0.05, 0) is 43.4 Å². The van der Waals surface area contributed by atoms with Crippen LogP contribution in [0.2, 0.25) is 0 Å². The monoisotopic (exact) mass is 472 g/mol. The fraction of sp³-hybridized carbons (Fsp3) is 0.500. The fourth-order valence-electron chi connectivity index (χ4n) is 4.35. The van der Waals surface area contributed by atoms with Gasteiger partial charge in [-0.1, -0.05) is 12.1 Å². The molecule has 2 aromatic rings. The molecule has 3 amide bonds. The number of hydrogen-bond donors (Lipinski definition) is 1. The smallest absolute Gasteiger partial charge is 0.270 e. The minimum Gasteiger partial charge on any atom is -0.351 e. The SMILES string of the molecule is O=C(NCCCN1CCCC1=O)c1csc(C2CCN(C(=O)Cc3ccc(F)cc3)CC2)n1. The number of halogens is 1. The van der Waals surface area contributed by atoms with E-state index in [4.69, 9.17) is 0 Å². The van der Waals surface area contributed by atoms with Crippen LogP contribution in [0, 0.1) is 5.82 Å². The van der Waals surface area contributed by atoms with Crippen molar-refractivity contribution < 1.29 is 18.8 Å². The Morgan fingerprint density at radius 2 is 1.91 bits per heavy atom. The van der Waals surface area contributed by atoms with Crippen LogP contribution in [0.4, 0.5) is 4.39 Å². The van der Waals surface area contributed by atoms with E-state index in [0.29, 0.717) is 38.3 Å². The van der Waals surface area contributed by atoms with E-state index in [0.717, 1.165) is 42.8 Å². The number of hydrogen-bond acceptors (Lipinski definition) is 5. The Bertz CT molecular complexity index is 986. The molecule has 1 aromatic carbocycles. The lowest BCUT2D eigenvalue weighted by atomic mass is 9.97. The zero-order valence-electron chi connectivity index (χ0n) is 18.6. The second-order valence-corrected chi connectivity index (χ2v) is 9.51. The minimum absolute atomic E-state index is 0.0508. The Morgan fingerprint density at radius 3 is 2.61 bits per heavy atom. The first-order chi connectivity index (χ1) is 16.0. The number of amides is 3. The van der Waals surface area contributed by atoms with Gasteiger partial charge in [-0.2, -0.15) is 0 Å². The Hall–Kier alpha value is -2.81. The van der Waals surface area contributed by atoms with Gasteiger partial charge in [0, 0.05) is 50.4 Å². The van der Waals surface area contributed by atoms with Crippen molar-refractivity contribution in [2.45, 2.75) is 44.4 Å². The van der Waals surface area contributed by atoms with Crippen LogP contribution in [0.15, 0.2) is 29.6 Å². The molecule has 0 bridgehead atoms. The number of benzene rings is 1. The van der Waals surface area contributed by atoms with Crippen LogP contribution in [-0.2, 0) is 16.0 Å². The van der Waals surface area contributed by atoms with Crippen molar-refractivity contribution in [3.63, 3.8) is 0 Å². The molecule has 1 N–H and O–H groups in total. The molecule has 2 aliphatic rings. The van der Waals surface area contributed by atoms with Gasteiger partial charge in [0.15, 0.2) is 0 Å². The molecule has 0 saturated carbocycles. The second-order valence-electron chi connectivity index (χ2n) is 8.62. The number of nitrogens with zero attached hydrogens (tertiary/aromatic N) is 3. The molecule has 2 fully saturated rings. The average molecular weight is 473 g/mol. The molecule has 2 saturated heterocycles. The standard InChI is InChI=1S/C24H29FN4O3S/c25-19-6-4-17(5-7-19)15-22(31)29-13-8-18(9-14-29)24-27-20(16-33-24)23(32)26-10-2-12-28-11-1-3-21(28)30/h4-7,16,18H,1-3,8-15H2,(H,26,32). The number of carbonyl (C=O) groups is 3. The van der Waals surface area contributed by atoms with Gasteiger partial charge in [0.2, 0.25) is 11.8 Å². The predicted octanol–water partition coefficient (Wildman–Crippen LogP) is 2.97. The van der Waals surface area contributed by atoms with Gasteiger partial charge in [0.1, 0.15) is 11.5 Å². The van der Waals surface area contributed by atoms with E-state index in [1.165, 1.54) is 23.5 Å². The highest BCUT2D eigenvalue weighted by molar-refractivity contribution is 7.09. The highest BCUT2D eigenvalue weighted by Crippen LogP contribution is 2.30. The van der Waals surface area contributed by atoms with Crippen molar-refractivity contribution >= 4 is 29.1 Å². The van der Waals surface area contributed by atoms with Gasteiger partial charge < -0.3 is 15.1 Å². The highest BCUT2D eigenvalue weighted by atomic mass is 32.1. The van der Waals surface area contributed by atoms with Crippen LogP contribution in [0.25, 0.3) is 0 Å². The third kappa shape index (κ3) is 6.16. The molecule has 0 radical (unpaired) electrons. The first kappa shape index (κ1) is 23.4. The molecule has 3 heterocycles. The zero-order valence-corrected chi connectivity index (χ0v) is 19.4. The summed E-state index contributed by atoms with van der Waals surface area (Å²) in [7, 11) is 0. The zero-order chi connectivity index (χ0) is 23.2. The van der Waals surface area contributed by atoms with Gasteiger partial charge in [-0.3, -0.25) is 14.4 Å². The van der Waals surface area contributed by atoms with Crippen LogP contribution in [-0.4, -0.2) is 65.2 Å². The lowest BCUT2D eigenvalue weighted by Gasteiger charge is -2.31. The summed E-state index contributed by atoms with van der Waals surface area (Å²) in [6.45, 7) is 3.32. The van der Waals surface area contributed by atoms with Gasteiger partial charge in [-0.25, -0.2) is 9.37 Å². The largest absolute Gasteiger partial charge is 0.351 e. The first-order valence-electron chi connectivity index (χ1n) is 11.5. The Kier molecular flexibility index (Phi) is 7.69. The molecule has 4 rings (SSSR count). The number of piperidine rings is 1. The molecule has 0 unspecified atom stereocenters. The number of nitrogens with one attached hydrogen (secondary N) is 1. The van der Waals surface area contributed by atoms with Crippen molar-refractivity contribution in [3.05, 3.63) is 51.7 Å². The maximum atomic E-state index is 13.0. The summed E-state index contributed by atoms with van der Waals surface area (Å²) in [4.78, 5) is 44.9. The van der Waals surface area contributed by atoms with E-state index in [9.17, 15) is 18.8 Å². The summed E-state index contributed by atoms with van der Waals surface area (Å²) < 4.78 is 13.0. The highest BCUT2D eigenvalue weighted by Gasteiger charge is 2.26. The van der Waals surface area contributed by atoms with Crippen LogP contribution in [0.1, 0.15) is 59.1 Å². The van der Waals surface area contributed by atoms with Crippen molar-refractivity contribution in [1.29, 1.82) is 0 Å². The van der Waals surface area contributed by atoms with Gasteiger partial charge in [0.05, 0.1) is 11.4 Å². The van der Waals surface area contributed by atoms with Crippen molar-refractivity contribution in [2.24, 2.45) is 0 Å². The fourth-order valence-corrected chi connectivity index (χ4v) is 5.32. The third-order valence-corrected chi connectivity index (χ3v) is 7.29. The molecular weight excluding hydrogens is 443 g/mol. The van der Waals surface area contributed by atoms with E-state index in [-0.39, 0.29) is 35.9 Å². The van der Waals surface area contributed by atoms with E-state index in [1.54, 1.807) is 17.5 Å². The normalized spacial score (nSPS) is 16.9. The molecule has 7 nitrogen and oxygen atoms in total. The Labute approximate surface area is 197 Å². The second kappa shape index (κ2) is 10.9. The van der Waals surface area contributed by atoms with E-state index < -0.39 is 0 Å². The molecular formula is C24H29FN4O3S. The summed E-state index contributed by atoms with van der Waals surface area (Å²) in [6, 6.07) is 6.04. The van der Waals surface area contributed by atoms with Gasteiger partial charge in [-0.15, -0.1) is 11.3 Å². The maximum absolute atomic E-state index is 13.0. The summed E-state index contributed by atoms with van der Waals surface area (Å²) in [6.07, 6.45) is 4.20. The Balaban J connectivity index is 1.19. The minimum atomic E-state index is -0.304. The summed E-state index contributed by atoms with van der Waals surface area (Å²) in [5.41, 5.74) is 1.24. The van der Waals surface area contributed by atoms with Crippen molar-refractivity contribution in [1.82, 2.24) is 20.1 Å². The molecule has 0 aliphatic carbocycles. The Morgan fingerprint density at radius 1 is 1.15 bits per heavy atom. The summed E-state index contributed by atoms with van der Waals surface area (Å²) in [5.74, 6) is 0.00964. The lowest BCUT2D eigenvalue weighted by molar-refractivity contribution is -0.131. The van der Waals surface area contributed by atoms with Crippen LogP contribution in [0.3, 0.4) is 0 Å². The topological polar surface area (TPSA) is 82.6 Å². The third-order valence-electron chi connectivity index (χ3n) is 6.28. The number of rotatable bonds is 8. The molecule has 33 heavy (non-hydrogen) atoms. The average Bonchev–Trinajstić information content (AvgIpc) is 3.48. The number of thiazole rings is 1. The van der Waals surface area contributed by atoms with E-state index >= 15 is 0 Å². The van der Waals surface area contributed by atoms with Crippen molar-refractivity contribution in [3.8, 4) is 0 Å². The summed E-state index contributed by atoms with van der Waals surface area (Å²) in [5, 5.41) is 5.62. The predicted molar refractivity (Wildman–Crippen MR) is 124 cm³/mol.